The fourth-order valence-electron chi connectivity index (χ4n) is 4.13. The van der Waals surface area contributed by atoms with E-state index in [-0.39, 0.29) is 11.9 Å². The van der Waals surface area contributed by atoms with Gasteiger partial charge in [0.15, 0.2) is 0 Å². The van der Waals surface area contributed by atoms with Crippen LogP contribution in [0.2, 0.25) is 0 Å². The molecule has 0 amide bonds. The molecule has 0 radical (unpaired) electrons. The number of para-hydroxylation sites is 1. The lowest BCUT2D eigenvalue weighted by molar-refractivity contribution is -0.0190. The normalized spacial score (nSPS) is 19.3. The van der Waals surface area contributed by atoms with Crippen molar-refractivity contribution in [1.82, 2.24) is 5.01 Å². The molecular weight excluding hydrogens is 391 g/mol. The van der Waals surface area contributed by atoms with Gasteiger partial charge in [0.05, 0.1) is 18.4 Å². The maximum atomic E-state index is 13.5. The molecule has 3 aromatic rings. The lowest BCUT2D eigenvalue weighted by Crippen LogP contribution is -2.33. The Labute approximate surface area is 181 Å². The van der Waals surface area contributed by atoms with Gasteiger partial charge in [0.1, 0.15) is 17.3 Å². The highest BCUT2D eigenvalue weighted by Gasteiger charge is 2.40. The summed E-state index contributed by atoms with van der Waals surface area (Å²) in [5, 5.41) is 6.97. The van der Waals surface area contributed by atoms with Crippen molar-refractivity contribution in [1.29, 1.82) is 0 Å². The summed E-state index contributed by atoms with van der Waals surface area (Å²) in [6, 6.07) is 22.8. The molecule has 0 aromatic heterocycles. The maximum Gasteiger partial charge on any atom is 0.213 e. The van der Waals surface area contributed by atoms with Gasteiger partial charge in [-0.05, 0) is 54.4 Å². The molecule has 0 aliphatic carbocycles. The van der Waals surface area contributed by atoms with E-state index in [1.54, 1.807) is 12.1 Å². The molecule has 3 aromatic carbocycles. The summed E-state index contributed by atoms with van der Waals surface area (Å²) in [6.45, 7) is 2.89. The first kappa shape index (κ1) is 19.6. The van der Waals surface area contributed by atoms with E-state index in [1.165, 1.54) is 12.1 Å². The minimum atomic E-state index is -0.394. The molecule has 0 spiro atoms. The molecule has 0 saturated carbocycles. The van der Waals surface area contributed by atoms with E-state index >= 15 is 0 Å². The highest BCUT2D eigenvalue weighted by atomic mass is 19.1. The van der Waals surface area contributed by atoms with E-state index in [2.05, 4.69) is 25.1 Å². The molecule has 4 nitrogen and oxygen atoms in total. The maximum absolute atomic E-state index is 13.5. The van der Waals surface area contributed by atoms with Gasteiger partial charge in [-0.2, -0.15) is 5.10 Å². The van der Waals surface area contributed by atoms with Gasteiger partial charge in [0.25, 0.3) is 0 Å². The summed E-state index contributed by atoms with van der Waals surface area (Å²) in [5.74, 6) is 1.48. The zero-order valence-electron chi connectivity index (χ0n) is 17.5. The standard InChI is InChI=1S/C26H25FN2O2/c1-2-3-16-30-21-14-10-18(11-15-21)23-17-24-22-6-4-5-7-25(22)31-26(29(24)28-23)19-8-12-20(27)13-9-19/h4-15,24,26H,2-3,16-17H2,1H3/t24-,26-/m0/s1. The van der Waals surface area contributed by atoms with Crippen LogP contribution < -0.4 is 9.47 Å². The van der Waals surface area contributed by atoms with Crippen LogP contribution in [-0.2, 0) is 0 Å². The molecule has 2 aliphatic heterocycles. The van der Waals surface area contributed by atoms with Crippen LogP contribution in [0.3, 0.4) is 0 Å². The van der Waals surface area contributed by atoms with Gasteiger partial charge in [-0.3, -0.25) is 0 Å². The monoisotopic (exact) mass is 416 g/mol. The van der Waals surface area contributed by atoms with E-state index in [0.717, 1.165) is 59.8 Å². The van der Waals surface area contributed by atoms with Gasteiger partial charge in [0, 0.05) is 17.5 Å². The van der Waals surface area contributed by atoms with Crippen LogP contribution in [0.5, 0.6) is 11.5 Å². The van der Waals surface area contributed by atoms with Gasteiger partial charge in [-0.1, -0.05) is 43.7 Å². The second kappa shape index (κ2) is 8.42. The van der Waals surface area contributed by atoms with Crippen molar-refractivity contribution in [2.45, 2.75) is 38.5 Å². The number of ether oxygens (including phenoxy) is 2. The van der Waals surface area contributed by atoms with Crippen molar-refractivity contribution < 1.29 is 13.9 Å². The summed E-state index contributed by atoms with van der Waals surface area (Å²) >= 11 is 0. The SMILES string of the molecule is CCCCOc1ccc(C2=NN3[C@@H](C2)c2ccccc2O[C@H]3c2ccc(F)cc2)cc1. The largest absolute Gasteiger partial charge is 0.494 e. The van der Waals surface area contributed by atoms with Gasteiger partial charge in [-0.25, -0.2) is 9.40 Å². The average Bonchev–Trinajstić information content (AvgIpc) is 3.26. The summed E-state index contributed by atoms with van der Waals surface area (Å²) < 4.78 is 25.6. The Hall–Kier alpha value is -3.34. The molecule has 2 aliphatic rings. The fraction of sp³-hybridized carbons (Fsp3) is 0.269. The predicted molar refractivity (Wildman–Crippen MR) is 119 cm³/mol. The smallest absolute Gasteiger partial charge is 0.213 e. The summed E-state index contributed by atoms with van der Waals surface area (Å²) in [4.78, 5) is 0. The lowest BCUT2D eigenvalue weighted by Gasteiger charge is -2.38. The molecule has 2 atom stereocenters. The van der Waals surface area contributed by atoms with Crippen LogP contribution in [0.15, 0.2) is 77.9 Å². The molecule has 0 N–H and O–H groups in total. The van der Waals surface area contributed by atoms with Gasteiger partial charge in [-0.15, -0.1) is 0 Å². The van der Waals surface area contributed by atoms with Crippen LogP contribution in [0.4, 0.5) is 4.39 Å². The van der Waals surface area contributed by atoms with Gasteiger partial charge < -0.3 is 9.47 Å². The molecular formula is C26H25FN2O2. The number of hydrogen-bond donors (Lipinski definition) is 0. The van der Waals surface area contributed by atoms with Crippen molar-refractivity contribution in [3.63, 3.8) is 0 Å². The van der Waals surface area contributed by atoms with E-state index in [0.29, 0.717) is 0 Å². The quantitative estimate of drug-likeness (QED) is 0.446. The van der Waals surface area contributed by atoms with Crippen molar-refractivity contribution in [2.24, 2.45) is 5.10 Å². The van der Waals surface area contributed by atoms with E-state index in [9.17, 15) is 4.39 Å². The van der Waals surface area contributed by atoms with Crippen molar-refractivity contribution in [2.75, 3.05) is 6.61 Å². The minimum absolute atomic E-state index is 0.0792. The first-order valence-electron chi connectivity index (χ1n) is 10.8. The topological polar surface area (TPSA) is 34.1 Å². The van der Waals surface area contributed by atoms with Crippen LogP contribution >= 0.6 is 0 Å². The Morgan fingerprint density at radius 1 is 1.03 bits per heavy atom. The first-order valence-corrected chi connectivity index (χ1v) is 10.8. The van der Waals surface area contributed by atoms with Crippen LogP contribution in [0.1, 0.15) is 55.1 Å². The third-order valence-corrected chi connectivity index (χ3v) is 5.81. The highest BCUT2D eigenvalue weighted by Crippen LogP contribution is 2.47. The third kappa shape index (κ3) is 3.88. The Morgan fingerprint density at radius 2 is 1.81 bits per heavy atom. The number of hydrazone groups is 1. The van der Waals surface area contributed by atoms with Crippen LogP contribution in [0, 0.1) is 5.82 Å². The second-order valence-electron chi connectivity index (χ2n) is 7.93. The van der Waals surface area contributed by atoms with Crippen LogP contribution in [-0.4, -0.2) is 17.3 Å². The Bertz CT molecular complexity index is 1080. The minimum Gasteiger partial charge on any atom is -0.494 e. The number of halogens is 1. The zero-order valence-corrected chi connectivity index (χ0v) is 17.5. The number of nitrogens with zero attached hydrogens (tertiary/aromatic N) is 2. The average molecular weight is 416 g/mol. The Balaban J connectivity index is 1.45. The third-order valence-electron chi connectivity index (χ3n) is 5.81. The lowest BCUT2D eigenvalue weighted by atomic mass is 9.96. The van der Waals surface area contributed by atoms with Gasteiger partial charge in [0.2, 0.25) is 6.23 Å². The van der Waals surface area contributed by atoms with Crippen molar-refractivity contribution >= 4 is 5.71 Å². The van der Waals surface area contributed by atoms with Crippen molar-refractivity contribution in [3.05, 3.63) is 95.3 Å². The van der Waals surface area contributed by atoms with Crippen LogP contribution in [0.25, 0.3) is 0 Å². The van der Waals surface area contributed by atoms with E-state index in [1.807, 2.05) is 35.3 Å². The zero-order chi connectivity index (χ0) is 21.2. The fourth-order valence-corrected chi connectivity index (χ4v) is 4.13. The second-order valence-corrected chi connectivity index (χ2v) is 7.93. The molecule has 0 unspecified atom stereocenters. The molecule has 158 valence electrons. The Kier molecular flexibility index (Phi) is 5.33. The van der Waals surface area contributed by atoms with E-state index in [4.69, 9.17) is 14.6 Å². The van der Waals surface area contributed by atoms with Crippen molar-refractivity contribution in [3.8, 4) is 11.5 Å². The van der Waals surface area contributed by atoms with E-state index < -0.39 is 6.23 Å². The summed E-state index contributed by atoms with van der Waals surface area (Å²) in [5.41, 5.74) is 4.09. The van der Waals surface area contributed by atoms with Gasteiger partial charge >= 0.3 is 0 Å². The summed E-state index contributed by atoms with van der Waals surface area (Å²) in [6.07, 6.45) is 2.56. The summed E-state index contributed by atoms with van der Waals surface area (Å²) in [7, 11) is 0. The number of unbranched alkanes of at least 4 members (excludes halogenated alkanes) is 1. The number of fused-ring (bicyclic) bond motifs is 3. The molecule has 0 saturated heterocycles. The predicted octanol–water partition coefficient (Wildman–Crippen LogP) is 6.25. The number of rotatable bonds is 6. The molecule has 0 bridgehead atoms. The molecule has 5 rings (SSSR count). The highest BCUT2D eigenvalue weighted by molar-refractivity contribution is 6.02. The molecule has 2 heterocycles. The first-order chi connectivity index (χ1) is 15.2. The number of benzene rings is 3. The molecule has 5 heteroatoms. The molecule has 0 fully saturated rings. The number of hydrogen-bond acceptors (Lipinski definition) is 4. The Morgan fingerprint density at radius 3 is 2.58 bits per heavy atom. The molecule has 31 heavy (non-hydrogen) atoms.